The van der Waals surface area contributed by atoms with Gasteiger partial charge in [-0.3, -0.25) is 0 Å². The van der Waals surface area contributed by atoms with Crippen LogP contribution in [0, 0.1) is 11.8 Å². The second kappa shape index (κ2) is 7.75. The van der Waals surface area contributed by atoms with E-state index in [2.05, 4.69) is 22.2 Å². The predicted octanol–water partition coefficient (Wildman–Crippen LogP) is 2.42. The number of rotatable bonds is 4. The molecule has 2 aromatic carbocycles. The zero-order valence-electron chi connectivity index (χ0n) is 12.9. The van der Waals surface area contributed by atoms with Crippen LogP contribution in [0.4, 0.5) is 0 Å². The summed E-state index contributed by atoms with van der Waals surface area (Å²) in [6.45, 7) is 0.673. The zero-order valence-corrected chi connectivity index (χ0v) is 12.9. The first-order valence-electron chi connectivity index (χ1n) is 7.46. The molecule has 0 saturated carbocycles. The van der Waals surface area contributed by atoms with Crippen LogP contribution in [0.2, 0.25) is 0 Å². The van der Waals surface area contributed by atoms with Gasteiger partial charge in [0.05, 0.1) is 12.7 Å². The van der Waals surface area contributed by atoms with E-state index in [1.165, 1.54) is 0 Å². The Morgan fingerprint density at radius 2 is 1.75 bits per heavy atom. The van der Waals surface area contributed by atoms with E-state index in [0.29, 0.717) is 12.2 Å². The van der Waals surface area contributed by atoms with E-state index in [4.69, 9.17) is 4.74 Å². The first-order chi connectivity index (χ1) is 11.8. The van der Waals surface area contributed by atoms with E-state index in [-0.39, 0.29) is 6.61 Å². The van der Waals surface area contributed by atoms with E-state index in [0.717, 1.165) is 11.1 Å². The maximum atomic E-state index is 11.6. The Morgan fingerprint density at radius 1 is 1.04 bits per heavy atom. The Kier molecular flexibility index (Phi) is 5.00. The number of hydrogen-bond donors (Lipinski definition) is 0. The molecule has 0 bridgehead atoms. The number of nitrogens with zero attached hydrogens (tertiary/aromatic N) is 3. The van der Waals surface area contributed by atoms with Crippen molar-refractivity contribution in [3.05, 3.63) is 83.7 Å². The van der Waals surface area contributed by atoms with Crippen LogP contribution >= 0.6 is 0 Å². The van der Waals surface area contributed by atoms with Crippen molar-refractivity contribution in [3.63, 3.8) is 0 Å². The number of hydrogen-bond acceptors (Lipinski definition) is 4. The normalized spacial score (nSPS) is 9.83. The van der Waals surface area contributed by atoms with Crippen LogP contribution in [-0.4, -0.2) is 21.0 Å². The van der Waals surface area contributed by atoms with E-state index < -0.39 is 5.97 Å². The third kappa shape index (κ3) is 4.55. The summed E-state index contributed by atoms with van der Waals surface area (Å²) in [5.41, 5.74) is 2.48. The molecule has 5 heteroatoms. The number of carbonyl (C=O) groups excluding carboxylic acids is 1. The van der Waals surface area contributed by atoms with Gasteiger partial charge in [-0.2, -0.15) is 0 Å². The second-order valence-electron chi connectivity index (χ2n) is 5.09. The summed E-state index contributed by atoms with van der Waals surface area (Å²) in [7, 11) is 0. The quantitative estimate of drug-likeness (QED) is 0.548. The van der Waals surface area contributed by atoms with Gasteiger partial charge in [0.1, 0.15) is 12.3 Å². The number of carbonyl (C=O) groups is 1. The molecule has 3 rings (SSSR count). The minimum Gasteiger partial charge on any atom is -0.449 e. The topological polar surface area (TPSA) is 57.0 Å². The molecular formula is C19H15N3O2. The highest BCUT2D eigenvalue weighted by atomic mass is 16.5. The summed E-state index contributed by atoms with van der Waals surface area (Å²) in [5.74, 6) is 4.62. The molecule has 1 heterocycles. The van der Waals surface area contributed by atoms with Gasteiger partial charge in [0.15, 0.2) is 0 Å². The van der Waals surface area contributed by atoms with Crippen molar-refractivity contribution in [1.29, 1.82) is 0 Å². The van der Waals surface area contributed by atoms with Crippen molar-refractivity contribution in [3.8, 4) is 11.8 Å². The molecule has 1 aromatic heterocycles. The van der Waals surface area contributed by atoms with Crippen LogP contribution in [0.3, 0.4) is 0 Å². The molecule has 0 aliphatic carbocycles. The molecule has 24 heavy (non-hydrogen) atoms. The van der Waals surface area contributed by atoms with Gasteiger partial charge < -0.3 is 4.74 Å². The first kappa shape index (κ1) is 15.5. The largest absolute Gasteiger partial charge is 0.449 e. The van der Waals surface area contributed by atoms with Crippen molar-refractivity contribution in [2.45, 2.75) is 13.2 Å². The summed E-state index contributed by atoms with van der Waals surface area (Å²) in [6, 6.07) is 19.2. The van der Waals surface area contributed by atoms with Gasteiger partial charge in [-0.1, -0.05) is 59.7 Å². The fourth-order valence-corrected chi connectivity index (χ4v) is 2.07. The molecule has 5 nitrogen and oxygen atoms in total. The van der Waals surface area contributed by atoms with Crippen LogP contribution in [0.5, 0.6) is 0 Å². The summed E-state index contributed by atoms with van der Waals surface area (Å²) in [4.78, 5) is 11.6. The molecule has 0 aliphatic heterocycles. The van der Waals surface area contributed by atoms with Crippen molar-refractivity contribution in [2.75, 3.05) is 0 Å². The Hall–Kier alpha value is -3.39. The van der Waals surface area contributed by atoms with E-state index in [1.54, 1.807) is 10.9 Å². The van der Waals surface area contributed by atoms with E-state index in [1.807, 2.05) is 60.7 Å². The maximum absolute atomic E-state index is 11.6. The monoisotopic (exact) mass is 317 g/mol. The van der Waals surface area contributed by atoms with Gasteiger partial charge in [-0.25, -0.2) is 9.48 Å². The lowest BCUT2D eigenvalue weighted by molar-refractivity contribution is -0.138. The van der Waals surface area contributed by atoms with Gasteiger partial charge in [0, 0.05) is 11.5 Å². The minimum atomic E-state index is -0.587. The van der Waals surface area contributed by atoms with Crippen LogP contribution in [-0.2, 0) is 22.7 Å². The third-order valence-electron chi connectivity index (χ3n) is 3.21. The van der Waals surface area contributed by atoms with Crippen LogP contribution in [0.25, 0.3) is 0 Å². The molecule has 0 radical (unpaired) electrons. The van der Waals surface area contributed by atoms with Crippen LogP contribution < -0.4 is 0 Å². The van der Waals surface area contributed by atoms with Gasteiger partial charge in [0.2, 0.25) is 0 Å². The Balaban J connectivity index is 1.52. The van der Waals surface area contributed by atoms with E-state index >= 15 is 0 Å². The lowest BCUT2D eigenvalue weighted by atomic mass is 10.2. The number of esters is 1. The molecule has 0 fully saturated rings. The van der Waals surface area contributed by atoms with Crippen LogP contribution in [0.15, 0.2) is 66.9 Å². The van der Waals surface area contributed by atoms with Gasteiger partial charge >= 0.3 is 5.97 Å². The molecule has 0 unspecified atom stereocenters. The molecule has 0 N–H and O–H groups in total. The fraction of sp³-hybridized carbons (Fsp3) is 0.105. The Bertz CT molecular complexity index is 862. The highest BCUT2D eigenvalue weighted by molar-refractivity contribution is 5.89. The molecule has 0 atom stereocenters. The standard InChI is InChI=1S/C19H15N3O2/c23-19(12-11-16-7-3-1-4-8-16)24-15-18-14-22(21-20-18)13-17-9-5-2-6-10-17/h1-10,14H,13,15H2. The number of benzene rings is 2. The average molecular weight is 317 g/mol. The number of aromatic nitrogens is 3. The fourth-order valence-electron chi connectivity index (χ4n) is 2.07. The third-order valence-corrected chi connectivity index (χ3v) is 3.21. The lowest BCUT2D eigenvalue weighted by Gasteiger charge is -1.99. The van der Waals surface area contributed by atoms with Gasteiger partial charge in [0.25, 0.3) is 0 Å². The van der Waals surface area contributed by atoms with E-state index in [9.17, 15) is 4.79 Å². The summed E-state index contributed by atoms with van der Waals surface area (Å²) in [5, 5.41) is 8.01. The van der Waals surface area contributed by atoms with Gasteiger partial charge in [-0.05, 0) is 17.7 Å². The summed E-state index contributed by atoms with van der Waals surface area (Å²) in [6.07, 6.45) is 1.75. The Labute approximate surface area is 139 Å². The highest BCUT2D eigenvalue weighted by Gasteiger charge is 2.04. The van der Waals surface area contributed by atoms with Crippen LogP contribution in [0.1, 0.15) is 16.8 Å². The van der Waals surface area contributed by atoms with Crippen molar-refractivity contribution >= 4 is 5.97 Å². The molecule has 0 spiro atoms. The summed E-state index contributed by atoms with van der Waals surface area (Å²) >= 11 is 0. The maximum Gasteiger partial charge on any atom is 0.385 e. The Morgan fingerprint density at radius 3 is 2.50 bits per heavy atom. The number of ether oxygens (including phenoxy) is 1. The predicted molar refractivity (Wildman–Crippen MR) is 88.7 cm³/mol. The molecule has 0 saturated heterocycles. The second-order valence-corrected chi connectivity index (χ2v) is 5.09. The molecule has 3 aromatic rings. The first-order valence-corrected chi connectivity index (χ1v) is 7.46. The smallest absolute Gasteiger partial charge is 0.385 e. The van der Waals surface area contributed by atoms with Gasteiger partial charge in [-0.15, -0.1) is 5.10 Å². The molecular weight excluding hydrogens is 302 g/mol. The molecule has 118 valence electrons. The van der Waals surface area contributed by atoms with Crippen molar-refractivity contribution < 1.29 is 9.53 Å². The molecule has 0 aliphatic rings. The zero-order chi connectivity index (χ0) is 16.6. The summed E-state index contributed by atoms with van der Waals surface area (Å²) < 4.78 is 6.79. The lowest BCUT2D eigenvalue weighted by Crippen LogP contribution is -2.02. The molecule has 0 amide bonds. The van der Waals surface area contributed by atoms with Crippen molar-refractivity contribution in [2.24, 2.45) is 0 Å². The minimum absolute atomic E-state index is 0.0527. The van der Waals surface area contributed by atoms with Crippen molar-refractivity contribution in [1.82, 2.24) is 15.0 Å². The SMILES string of the molecule is O=C(C#Cc1ccccc1)OCc1cn(Cc2ccccc2)nn1. The average Bonchev–Trinajstić information content (AvgIpc) is 3.07. The highest BCUT2D eigenvalue weighted by Crippen LogP contribution is 2.03.